The largest absolute Gasteiger partial charge is 0.492 e. The molecule has 164 valence electrons. The number of carbonyl (C=O) groups is 1. The summed E-state index contributed by atoms with van der Waals surface area (Å²) in [5.41, 5.74) is 1.54. The second-order valence-electron chi connectivity index (χ2n) is 7.40. The molecule has 0 radical (unpaired) electrons. The predicted molar refractivity (Wildman–Crippen MR) is 124 cm³/mol. The van der Waals surface area contributed by atoms with Gasteiger partial charge < -0.3 is 14.6 Å². The topological polar surface area (TPSA) is 87.3 Å². The second kappa shape index (κ2) is 8.58. The zero-order valence-electron chi connectivity index (χ0n) is 18.2. The molecule has 0 bridgehead atoms. The average Bonchev–Trinajstić information content (AvgIpc) is 3.08. The number of anilines is 1. The molecule has 4 aromatic rings. The standard InChI is InChI=1S/C24H24N4O4/c1-4-32-20-13-9-8-12-18(20)25-21(29)15-27-19-14-16(2)26(3)22(19)23(30)28(24(27)31)17-10-6-5-7-11-17/h5-14H,4,15H2,1-3H3,(H,25,29). The Labute approximate surface area is 184 Å². The summed E-state index contributed by atoms with van der Waals surface area (Å²) in [6, 6.07) is 17.5. The minimum Gasteiger partial charge on any atom is -0.492 e. The van der Waals surface area contributed by atoms with Gasteiger partial charge in [-0.2, -0.15) is 0 Å². The monoisotopic (exact) mass is 432 g/mol. The van der Waals surface area contributed by atoms with Gasteiger partial charge in [0.05, 0.1) is 23.5 Å². The van der Waals surface area contributed by atoms with Gasteiger partial charge in [-0.3, -0.25) is 14.2 Å². The molecule has 1 N–H and O–H groups in total. The Balaban J connectivity index is 1.82. The normalized spacial score (nSPS) is 11.0. The van der Waals surface area contributed by atoms with Crippen molar-refractivity contribution in [2.75, 3.05) is 11.9 Å². The van der Waals surface area contributed by atoms with Crippen molar-refractivity contribution in [1.82, 2.24) is 13.7 Å². The van der Waals surface area contributed by atoms with Crippen molar-refractivity contribution in [1.29, 1.82) is 0 Å². The summed E-state index contributed by atoms with van der Waals surface area (Å²) in [6.07, 6.45) is 0. The Hall–Kier alpha value is -4.07. The maximum atomic E-state index is 13.4. The zero-order chi connectivity index (χ0) is 22.8. The fourth-order valence-corrected chi connectivity index (χ4v) is 3.73. The number of carbonyl (C=O) groups excluding carboxylic acids is 1. The van der Waals surface area contributed by atoms with Crippen LogP contribution >= 0.6 is 0 Å². The van der Waals surface area contributed by atoms with E-state index < -0.39 is 17.2 Å². The molecule has 4 rings (SSSR count). The van der Waals surface area contributed by atoms with Crippen molar-refractivity contribution in [3.05, 3.63) is 87.2 Å². The number of ether oxygens (including phenoxy) is 1. The first-order chi connectivity index (χ1) is 15.4. The number of aryl methyl sites for hydroxylation is 2. The molecule has 2 aromatic heterocycles. The molecule has 0 aliphatic carbocycles. The van der Waals surface area contributed by atoms with Crippen LogP contribution in [0.5, 0.6) is 5.75 Å². The van der Waals surface area contributed by atoms with Crippen molar-refractivity contribution in [3.63, 3.8) is 0 Å². The molecule has 0 fully saturated rings. The van der Waals surface area contributed by atoms with E-state index in [1.165, 1.54) is 4.57 Å². The first-order valence-electron chi connectivity index (χ1n) is 10.3. The van der Waals surface area contributed by atoms with Gasteiger partial charge >= 0.3 is 5.69 Å². The van der Waals surface area contributed by atoms with Crippen molar-refractivity contribution < 1.29 is 9.53 Å². The van der Waals surface area contributed by atoms with E-state index in [0.717, 1.165) is 10.3 Å². The maximum absolute atomic E-state index is 13.4. The summed E-state index contributed by atoms with van der Waals surface area (Å²) < 4.78 is 9.72. The van der Waals surface area contributed by atoms with Crippen LogP contribution < -0.4 is 21.3 Å². The Morgan fingerprint density at radius 2 is 1.72 bits per heavy atom. The molecule has 0 saturated carbocycles. The molecule has 0 saturated heterocycles. The van der Waals surface area contributed by atoms with E-state index in [4.69, 9.17) is 4.74 Å². The quantitative estimate of drug-likeness (QED) is 0.508. The van der Waals surface area contributed by atoms with Crippen molar-refractivity contribution in [2.45, 2.75) is 20.4 Å². The van der Waals surface area contributed by atoms with E-state index in [0.29, 0.717) is 34.8 Å². The lowest BCUT2D eigenvalue weighted by molar-refractivity contribution is -0.116. The Kier molecular flexibility index (Phi) is 5.68. The molecular formula is C24H24N4O4. The number of nitrogens with zero attached hydrogens (tertiary/aromatic N) is 3. The summed E-state index contributed by atoms with van der Waals surface area (Å²) in [4.78, 5) is 39.6. The van der Waals surface area contributed by atoms with Crippen molar-refractivity contribution in [3.8, 4) is 11.4 Å². The lowest BCUT2D eigenvalue weighted by Crippen LogP contribution is -2.41. The van der Waals surface area contributed by atoms with Gasteiger partial charge in [0.2, 0.25) is 5.91 Å². The number of aromatic nitrogens is 3. The minimum atomic E-state index is -0.576. The van der Waals surface area contributed by atoms with Gasteiger partial charge in [0.1, 0.15) is 17.8 Å². The molecule has 2 heterocycles. The smallest absolute Gasteiger partial charge is 0.336 e. The molecule has 0 unspecified atom stereocenters. The van der Waals surface area contributed by atoms with Gasteiger partial charge in [0.25, 0.3) is 5.56 Å². The van der Waals surface area contributed by atoms with E-state index in [1.807, 2.05) is 26.0 Å². The van der Waals surface area contributed by atoms with Crippen LogP contribution in [0.2, 0.25) is 0 Å². The number of fused-ring (bicyclic) bond motifs is 1. The number of hydrogen-bond acceptors (Lipinski definition) is 4. The van der Waals surface area contributed by atoms with Crippen LogP contribution in [0.3, 0.4) is 0 Å². The lowest BCUT2D eigenvalue weighted by Gasteiger charge is -2.14. The van der Waals surface area contributed by atoms with Gasteiger partial charge in [0, 0.05) is 12.7 Å². The third-order valence-electron chi connectivity index (χ3n) is 5.35. The van der Waals surface area contributed by atoms with Crippen LogP contribution in [0.4, 0.5) is 5.69 Å². The second-order valence-corrected chi connectivity index (χ2v) is 7.40. The van der Waals surface area contributed by atoms with Crippen LogP contribution in [-0.2, 0) is 18.4 Å². The summed E-state index contributed by atoms with van der Waals surface area (Å²) in [6.45, 7) is 3.91. The molecule has 2 aromatic carbocycles. The minimum absolute atomic E-state index is 0.258. The van der Waals surface area contributed by atoms with Crippen LogP contribution in [0.15, 0.2) is 70.3 Å². The molecule has 0 spiro atoms. The van der Waals surface area contributed by atoms with Gasteiger partial charge in [-0.05, 0) is 44.2 Å². The lowest BCUT2D eigenvalue weighted by atomic mass is 10.3. The molecule has 0 aliphatic heterocycles. The molecule has 0 aliphatic rings. The highest BCUT2D eigenvalue weighted by Crippen LogP contribution is 2.23. The molecule has 0 atom stereocenters. The fourth-order valence-electron chi connectivity index (χ4n) is 3.73. The zero-order valence-corrected chi connectivity index (χ0v) is 18.2. The number of benzene rings is 2. The fraction of sp³-hybridized carbons (Fsp3) is 0.208. The van der Waals surface area contributed by atoms with Crippen LogP contribution in [-0.4, -0.2) is 26.2 Å². The molecule has 8 heteroatoms. The Bertz CT molecular complexity index is 1410. The van der Waals surface area contributed by atoms with Gasteiger partial charge in [-0.25, -0.2) is 9.36 Å². The molecule has 32 heavy (non-hydrogen) atoms. The van der Waals surface area contributed by atoms with Gasteiger partial charge in [-0.15, -0.1) is 0 Å². The van der Waals surface area contributed by atoms with E-state index >= 15 is 0 Å². The molecule has 1 amide bonds. The SMILES string of the molecule is CCOc1ccccc1NC(=O)Cn1c(=O)n(-c2ccccc2)c(=O)c2c1cc(C)n2C. The van der Waals surface area contributed by atoms with Crippen LogP contribution in [0.1, 0.15) is 12.6 Å². The maximum Gasteiger partial charge on any atom is 0.336 e. The van der Waals surface area contributed by atoms with E-state index in [2.05, 4.69) is 5.32 Å². The Morgan fingerprint density at radius 3 is 2.44 bits per heavy atom. The van der Waals surface area contributed by atoms with Gasteiger partial charge in [0.15, 0.2) is 0 Å². The van der Waals surface area contributed by atoms with E-state index in [1.54, 1.807) is 60.1 Å². The number of amides is 1. The van der Waals surface area contributed by atoms with Gasteiger partial charge in [-0.1, -0.05) is 30.3 Å². The summed E-state index contributed by atoms with van der Waals surface area (Å²) >= 11 is 0. The Morgan fingerprint density at radius 1 is 1.03 bits per heavy atom. The third kappa shape index (κ3) is 3.71. The average molecular weight is 432 g/mol. The summed E-state index contributed by atoms with van der Waals surface area (Å²) in [7, 11) is 1.77. The summed E-state index contributed by atoms with van der Waals surface area (Å²) in [5, 5.41) is 2.81. The highest BCUT2D eigenvalue weighted by atomic mass is 16.5. The first-order valence-corrected chi connectivity index (χ1v) is 10.3. The molecule has 8 nitrogen and oxygen atoms in total. The van der Waals surface area contributed by atoms with Crippen molar-refractivity contribution >= 4 is 22.6 Å². The van der Waals surface area contributed by atoms with E-state index in [9.17, 15) is 14.4 Å². The van der Waals surface area contributed by atoms with Crippen molar-refractivity contribution in [2.24, 2.45) is 7.05 Å². The number of nitrogens with one attached hydrogen (secondary N) is 1. The number of rotatable bonds is 6. The van der Waals surface area contributed by atoms with Crippen LogP contribution in [0.25, 0.3) is 16.7 Å². The first kappa shape index (κ1) is 21.2. The third-order valence-corrected chi connectivity index (χ3v) is 5.35. The summed E-state index contributed by atoms with van der Waals surface area (Å²) in [5.74, 6) is 0.144. The number of hydrogen-bond donors (Lipinski definition) is 1. The highest BCUT2D eigenvalue weighted by Gasteiger charge is 2.20. The highest BCUT2D eigenvalue weighted by molar-refractivity contribution is 5.93. The predicted octanol–water partition coefficient (Wildman–Crippen LogP) is 2.84. The molecular weight excluding hydrogens is 408 g/mol. The number of para-hydroxylation sites is 3. The van der Waals surface area contributed by atoms with E-state index in [-0.39, 0.29) is 6.54 Å². The van der Waals surface area contributed by atoms with Crippen LogP contribution in [0, 0.1) is 6.92 Å².